The Kier molecular flexibility index (Phi) is 4.02. The monoisotopic (exact) mass is 291 g/mol. The van der Waals surface area contributed by atoms with E-state index in [1.807, 2.05) is 13.0 Å². The normalized spacial score (nSPS) is 10.7. The summed E-state index contributed by atoms with van der Waals surface area (Å²) >= 11 is 14.8. The molecule has 0 aliphatic carbocycles. The summed E-state index contributed by atoms with van der Waals surface area (Å²) in [7, 11) is 0. The minimum atomic E-state index is 0.408. The summed E-state index contributed by atoms with van der Waals surface area (Å²) in [5.74, 6) is 0.720. The predicted octanol–water partition coefficient (Wildman–Crippen LogP) is 3.84. The van der Waals surface area contributed by atoms with Crippen molar-refractivity contribution in [1.82, 2.24) is 15.2 Å². The molecule has 0 radical (unpaired) electrons. The Morgan fingerprint density at radius 1 is 1.31 bits per heavy atom. The molecule has 16 heavy (non-hydrogen) atoms. The Morgan fingerprint density at radius 3 is 2.75 bits per heavy atom. The van der Waals surface area contributed by atoms with E-state index in [0.717, 1.165) is 20.7 Å². The first-order chi connectivity index (χ1) is 7.65. The van der Waals surface area contributed by atoms with Crippen LogP contribution in [0.3, 0.4) is 0 Å². The fourth-order valence-electron chi connectivity index (χ4n) is 1.02. The molecular formula is C9H7Cl2N3S2. The maximum atomic E-state index is 5.96. The summed E-state index contributed by atoms with van der Waals surface area (Å²) < 4.78 is 0.934. The molecule has 0 N–H and O–H groups in total. The number of halogens is 2. The van der Waals surface area contributed by atoms with Crippen LogP contribution in [-0.4, -0.2) is 15.2 Å². The first-order valence-corrected chi connectivity index (χ1v) is 6.95. The van der Waals surface area contributed by atoms with Gasteiger partial charge in [-0.2, -0.15) is 0 Å². The van der Waals surface area contributed by atoms with Crippen molar-refractivity contribution in [1.29, 1.82) is 0 Å². The summed E-state index contributed by atoms with van der Waals surface area (Å²) in [4.78, 5) is 3.98. The maximum Gasteiger partial charge on any atom is 0.174 e. The summed E-state index contributed by atoms with van der Waals surface area (Å²) in [6.07, 6.45) is 0. The Morgan fingerprint density at radius 2 is 2.12 bits per heavy atom. The smallest absolute Gasteiger partial charge is 0.174 e. The summed E-state index contributed by atoms with van der Waals surface area (Å²) in [6.45, 7) is 1.93. The van der Waals surface area contributed by atoms with Gasteiger partial charge in [0.05, 0.1) is 0 Å². The lowest BCUT2D eigenvalue weighted by Gasteiger charge is -2.01. The van der Waals surface area contributed by atoms with Gasteiger partial charge in [-0.3, -0.25) is 0 Å². The van der Waals surface area contributed by atoms with Gasteiger partial charge in [-0.25, -0.2) is 4.98 Å². The van der Waals surface area contributed by atoms with Crippen LogP contribution in [-0.2, 0) is 5.75 Å². The SMILES string of the molecule is Cc1nnc(SCc2ccc(Cl)nc2Cl)s1. The van der Waals surface area contributed by atoms with Crippen molar-refractivity contribution < 1.29 is 0 Å². The molecule has 2 aromatic heterocycles. The summed E-state index contributed by atoms with van der Waals surface area (Å²) in [5, 5.41) is 9.78. The highest BCUT2D eigenvalue weighted by molar-refractivity contribution is 8.00. The van der Waals surface area contributed by atoms with Gasteiger partial charge in [-0.1, -0.05) is 52.4 Å². The zero-order valence-electron chi connectivity index (χ0n) is 8.28. The third-order valence-electron chi connectivity index (χ3n) is 1.75. The molecule has 3 nitrogen and oxygen atoms in total. The summed E-state index contributed by atoms with van der Waals surface area (Å²) in [6, 6.07) is 3.60. The van der Waals surface area contributed by atoms with E-state index in [1.165, 1.54) is 0 Å². The van der Waals surface area contributed by atoms with Crippen LogP contribution in [0.4, 0.5) is 0 Å². The second kappa shape index (κ2) is 5.31. The van der Waals surface area contributed by atoms with Crippen molar-refractivity contribution in [2.45, 2.75) is 17.0 Å². The molecule has 2 rings (SSSR count). The minimum absolute atomic E-state index is 0.408. The molecule has 0 spiro atoms. The van der Waals surface area contributed by atoms with Crippen LogP contribution in [0.15, 0.2) is 16.5 Å². The zero-order chi connectivity index (χ0) is 11.5. The molecule has 0 amide bonds. The van der Waals surface area contributed by atoms with E-state index in [-0.39, 0.29) is 0 Å². The Hall–Kier alpha value is -0.360. The Balaban J connectivity index is 2.04. The highest BCUT2D eigenvalue weighted by Gasteiger charge is 2.06. The quantitative estimate of drug-likeness (QED) is 0.636. The van der Waals surface area contributed by atoms with Crippen molar-refractivity contribution in [3.05, 3.63) is 33.0 Å². The van der Waals surface area contributed by atoms with Crippen LogP contribution >= 0.6 is 46.3 Å². The van der Waals surface area contributed by atoms with Crippen molar-refractivity contribution >= 4 is 46.3 Å². The second-order valence-electron chi connectivity index (χ2n) is 2.96. The molecule has 7 heteroatoms. The molecule has 0 aliphatic heterocycles. The number of thioether (sulfide) groups is 1. The molecule has 0 atom stereocenters. The topological polar surface area (TPSA) is 38.7 Å². The number of aromatic nitrogens is 3. The third-order valence-corrected chi connectivity index (χ3v) is 4.31. The first-order valence-electron chi connectivity index (χ1n) is 4.39. The highest BCUT2D eigenvalue weighted by atomic mass is 35.5. The van der Waals surface area contributed by atoms with E-state index in [4.69, 9.17) is 23.2 Å². The van der Waals surface area contributed by atoms with Gasteiger partial charge in [0.15, 0.2) is 4.34 Å². The molecule has 0 fully saturated rings. The van der Waals surface area contributed by atoms with Gasteiger partial charge in [0.25, 0.3) is 0 Å². The summed E-state index contributed by atoms with van der Waals surface area (Å²) in [5.41, 5.74) is 0.948. The molecule has 0 saturated heterocycles. The number of hydrogen-bond donors (Lipinski definition) is 0. The molecule has 84 valence electrons. The Labute approximate surface area is 111 Å². The Bertz CT molecular complexity index is 501. The molecule has 0 aromatic carbocycles. The molecule has 2 aromatic rings. The third kappa shape index (κ3) is 3.07. The minimum Gasteiger partial charge on any atom is -0.224 e. The van der Waals surface area contributed by atoms with Crippen LogP contribution in [0.2, 0.25) is 10.3 Å². The average molecular weight is 292 g/mol. The average Bonchev–Trinajstić information content (AvgIpc) is 2.63. The number of rotatable bonds is 3. The van der Waals surface area contributed by atoms with E-state index in [2.05, 4.69) is 15.2 Å². The van der Waals surface area contributed by atoms with Crippen LogP contribution in [0.5, 0.6) is 0 Å². The standard InChI is InChI=1S/C9H7Cl2N3S2/c1-5-13-14-9(16-5)15-4-6-2-3-7(10)12-8(6)11/h2-3H,4H2,1H3. The van der Waals surface area contributed by atoms with E-state index in [0.29, 0.717) is 10.3 Å². The van der Waals surface area contributed by atoms with Crippen LogP contribution in [0.25, 0.3) is 0 Å². The maximum absolute atomic E-state index is 5.96. The van der Waals surface area contributed by atoms with Crippen LogP contribution < -0.4 is 0 Å². The van der Waals surface area contributed by atoms with E-state index in [9.17, 15) is 0 Å². The van der Waals surface area contributed by atoms with Crippen LogP contribution in [0, 0.1) is 6.92 Å². The number of nitrogens with zero attached hydrogens (tertiary/aromatic N) is 3. The molecule has 0 unspecified atom stereocenters. The highest BCUT2D eigenvalue weighted by Crippen LogP contribution is 2.28. The van der Waals surface area contributed by atoms with E-state index in [1.54, 1.807) is 29.2 Å². The van der Waals surface area contributed by atoms with Gasteiger partial charge in [0.2, 0.25) is 0 Å². The predicted molar refractivity (Wildman–Crippen MR) is 68.5 cm³/mol. The lowest BCUT2D eigenvalue weighted by Crippen LogP contribution is -1.86. The molecule has 0 aliphatic rings. The lowest BCUT2D eigenvalue weighted by molar-refractivity contribution is 0.983. The molecule has 0 saturated carbocycles. The van der Waals surface area contributed by atoms with Gasteiger partial charge < -0.3 is 0 Å². The van der Waals surface area contributed by atoms with Crippen molar-refractivity contribution in [2.75, 3.05) is 0 Å². The van der Waals surface area contributed by atoms with E-state index >= 15 is 0 Å². The van der Waals surface area contributed by atoms with Crippen molar-refractivity contribution in [2.24, 2.45) is 0 Å². The number of aryl methyl sites for hydroxylation is 1. The van der Waals surface area contributed by atoms with Gasteiger partial charge in [-0.05, 0) is 18.6 Å². The van der Waals surface area contributed by atoms with Crippen molar-refractivity contribution in [3.63, 3.8) is 0 Å². The second-order valence-corrected chi connectivity index (χ2v) is 6.11. The molecular weight excluding hydrogens is 285 g/mol. The van der Waals surface area contributed by atoms with Crippen molar-refractivity contribution in [3.8, 4) is 0 Å². The number of hydrogen-bond acceptors (Lipinski definition) is 5. The zero-order valence-corrected chi connectivity index (χ0v) is 11.4. The van der Waals surface area contributed by atoms with Gasteiger partial charge >= 0.3 is 0 Å². The fourth-order valence-corrected chi connectivity index (χ4v) is 3.32. The van der Waals surface area contributed by atoms with Gasteiger partial charge in [0.1, 0.15) is 15.3 Å². The van der Waals surface area contributed by atoms with Crippen LogP contribution in [0.1, 0.15) is 10.6 Å². The van der Waals surface area contributed by atoms with Gasteiger partial charge in [-0.15, -0.1) is 10.2 Å². The molecule has 2 heterocycles. The van der Waals surface area contributed by atoms with E-state index < -0.39 is 0 Å². The van der Waals surface area contributed by atoms with Gasteiger partial charge in [0, 0.05) is 5.75 Å². The fraction of sp³-hybridized carbons (Fsp3) is 0.222. The first kappa shape index (κ1) is 12.1. The number of pyridine rings is 1. The lowest BCUT2D eigenvalue weighted by atomic mass is 10.3. The largest absolute Gasteiger partial charge is 0.224 e. The molecule has 0 bridgehead atoms.